The smallest absolute Gasteiger partial charge is 0.299 e. The molecule has 0 aliphatic heterocycles. The van der Waals surface area contributed by atoms with Crippen LogP contribution in [0, 0.1) is 18.8 Å². The molecular weight excluding hydrogens is 276 g/mol. The summed E-state index contributed by atoms with van der Waals surface area (Å²) in [7, 11) is -3.51. The van der Waals surface area contributed by atoms with Gasteiger partial charge in [-0.05, 0) is 37.5 Å². The lowest BCUT2D eigenvalue weighted by Crippen LogP contribution is -2.31. The van der Waals surface area contributed by atoms with Crippen molar-refractivity contribution in [3.8, 4) is 11.8 Å². The first kappa shape index (κ1) is 14.9. The number of benzene rings is 1. The van der Waals surface area contributed by atoms with Gasteiger partial charge in [-0.1, -0.05) is 17.9 Å². The van der Waals surface area contributed by atoms with E-state index in [2.05, 4.69) is 21.3 Å². The zero-order valence-electron chi connectivity index (χ0n) is 11.3. The van der Waals surface area contributed by atoms with Gasteiger partial charge in [-0.15, -0.1) is 0 Å². The number of aryl methyl sites for hydroxylation is 1. The Morgan fingerprint density at radius 2 is 2.15 bits per heavy atom. The largest absolute Gasteiger partial charge is 0.395 e. The molecule has 3 N–H and O–H groups in total. The number of aliphatic hydroxyl groups is 1. The summed E-state index contributed by atoms with van der Waals surface area (Å²) in [6, 6.07) is 5.30. The van der Waals surface area contributed by atoms with Gasteiger partial charge in [0.15, 0.2) is 0 Å². The fourth-order valence-corrected chi connectivity index (χ4v) is 2.81. The third-order valence-electron chi connectivity index (χ3n) is 2.85. The Hall–Kier alpha value is -1.55. The molecule has 1 fully saturated rings. The van der Waals surface area contributed by atoms with Crippen LogP contribution >= 0.6 is 0 Å². The molecule has 6 heteroatoms. The van der Waals surface area contributed by atoms with Crippen molar-refractivity contribution in [2.24, 2.45) is 0 Å². The predicted octanol–water partition coefficient (Wildman–Crippen LogP) is 1.14. The predicted molar refractivity (Wildman–Crippen MR) is 78.5 cm³/mol. The number of rotatable bonds is 5. The highest BCUT2D eigenvalue weighted by Crippen LogP contribution is 2.21. The molecule has 0 aromatic heterocycles. The van der Waals surface area contributed by atoms with Crippen molar-refractivity contribution < 1.29 is 13.5 Å². The molecule has 108 valence electrons. The van der Waals surface area contributed by atoms with Crippen LogP contribution in [0.4, 0.5) is 5.69 Å². The number of aliphatic hydroxyl groups excluding tert-OH is 1. The second-order valence-electron chi connectivity index (χ2n) is 4.80. The highest BCUT2D eigenvalue weighted by Gasteiger charge is 2.26. The normalized spacial score (nSPS) is 14.5. The summed E-state index contributed by atoms with van der Waals surface area (Å²) in [4.78, 5) is 0. The van der Waals surface area contributed by atoms with Gasteiger partial charge < -0.3 is 5.11 Å². The second kappa shape index (κ2) is 6.27. The third kappa shape index (κ3) is 4.53. The van der Waals surface area contributed by atoms with Crippen LogP contribution in [0.25, 0.3) is 0 Å². The van der Waals surface area contributed by atoms with E-state index in [1.54, 1.807) is 12.1 Å². The molecule has 0 heterocycles. The molecule has 1 aromatic rings. The van der Waals surface area contributed by atoms with Crippen LogP contribution in [0.5, 0.6) is 0 Å². The average molecular weight is 294 g/mol. The van der Waals surface area contributed by atoms with Gasteiger partial charge in [0.05, 0.1) is 12.3 Å². The Labute approximate surface area is 119 Å². The maximum absolute atomic E-state index is 11.8. The minimum Gasteiger partial charge on any atom is -0.395 e. The summed E-state index contributed by atoms with van der Waals surface area (Å²) in [6.45, 7) is 1.92. The van der Waals surface area contributed by atoms with E-state index in [0.717, 1.165) is 24.0 Å². The van der Waals surface area contributed by atoms with E-state index in [-0.39, 0.29) is 12.6 Å². The summed E-state index contributed by atoms with van der Waals surface area (Å²) in [5.74, 6) is 5.76. The number of nitrogens with one attached hydrogen (secondary N) is 2. The molecule has 0 spiro atoms. The zero-order valence-corrected chi connectivity index (χ0v) is 12.1. The minimum absolute atomic E-state index is 0.0175. The highest BCUT2D eigenvalue weighted by molar-refractivity contribution is 7.90. The first-order valence-corrected chi connectivity index (χ1v) is 7.99. The van der Waals surface area contributed by atoms with E-state index in [1.165, 1.54) is 0 Å². The Balaban J connectivity index is 2.12. The molecule has 0 bridgehead atoms. The van der Waals surface area contributed by atoms with Gasteiger partial charge in [0.25, 0.3) is 10.2 Å². The van der Waals surface area contributed by atoms with E-state index in [9.17, 15) is 8.42 Å². The van der Waals surface area contributed by atoms with Crippen LogP contribution in [0.1, 0.15) is 30.4 Å². The van der Waals surface area contributed by atoms with Crippen LogP contribution in [0.15, 0.2) is 18.2 Å². The van der Waals surface area contributed by atoms with Crippen LogP contribution in [-0.2, 0) is 10.2 Å². The van der Waals surface area contributed by atoms with Crippen molar-refractivity contribution in [1.82, 2.24) is 4.72 Å². The Kier molecular flexibility index (Phi) is 4.65. The number of anilines is 1. The molecule has 1 aliphatic rings. The summed E-state index contributed by atoms with van der Waals surface area (Å²) in [5.41, 5.74) is 2.20. The summed E-state index contributed by atoms with van der Waals surface area (Å²) in [5, 5.41) is 8.71. The zero-order chi connectivity index (χ0) is 14.6. The van der Waals surface area contributed by atoms with E-state index >= 15 is 0 Å². The Morgan fingerprint density at radius 3 is 2.80 bits per heavy atom. The monoisotopic (exact) mass is 294 g/mol. The standard InChI is InChI=1S/C14H18N2O3S/c1-11-5-6-14(10-12(11)4-2-3-9-17)16-20(18,19)15-13-7-8-13/h5-6,10,13,15-17H,3,7-9H2,1H3. The lowest BCUT2D eigenvalue weighted by atomic mass is 10.1. The van der Waals surface area contributed by atoms with Crippen molar-refractivity contribution in [1.29, 1.82) is 0 Å². The summed E-state index contributed by atoms with van der Waals surface area (Å²) >= 11 is 0. The van der Waals surface area contributed by atoms with Crippen molar-refractivity contribution in [3.05, 3.63) is 29.3 Å². The fraction of sp³-hybridized carbons (Fsp3) is 0.429. The maximum Gasteiger partial charge on any atom is 0.299 e. The molecular formula is C14H18N2O3S. The van der Waals surface area contributed by atoms with Gasteiger partial charge in [-0.2, -0.15) is 13.1 Å². The van der Waals surface area contributed by atoms with Crippen LogP contribution < -0.4 is 9.44 Å². The van der Waals surface area contributed by atoms with Gasteiger partial charge in [0, 0.05) is 18.0 Å². The molecule has 5 nitrogen and oxygen atoms in total. The van der Waals surface area contributed by atoms with Gasteiger partial charge in [-0.25, -0.2) is 0 Å². The summed E-state index contributed by atoms with van der Waals surface area (Å²) < 4.78 is 28.7. The van der Waals surface area contributed by atoms with Crippen LogP contribution in [-0.4, -0.2) is 26.2 Å². The quantitative estimate of drug-likeness (QED) is 0.713. The fourth-order valence-electron chi connectivity index (χ4n) is 1.64. The van der Waals surface area contributed by atoms with E-state index in [0.29, 0.717) is 12.1 Å². The lowest BCUT2D eigenvalue weighted by Gasteiger charge is -2.09. The van der Waals surface area contributed by atoms with Crippen molar-refractivity contribution in [3.63, 3.8) is 0 Å². The van der Waals surface area contributed by atoms with E-state index in [4.69, 9.17) is 5.11 Å². The molecule has 2 rings (SSSR count). The molecule has 1 aromatic carbocycles. The lowest BCUT2D eigenvalue weighted by molar-refractivity contribution is 0.305. The van der Waals surface area contributed by atoms with Crippen molar-refractivity contribution >= 4 is 15.9 Å². The third-order valence-corrected chi connectivity index (χ3v) is 4.00. The average Bonchev–Trinajstić information content (AvgIpc) is 3.16. The van der Waals surface area contributed by atoms with E-state index < -0.39 is 10.2 Å². The maximum atomic E-state index is 11.8. The highest BCUT2D eigenvalue weighted by atomic mass is 32.2. The molecule has 1 aliphatic carbocycles. The first-order valence-electron chi connectivity index (χ1n) is 6.50. The minimum atomic E-state index is -3.51. The molecule has 0 atom stereocenters. The molecule has 0 unspecified atom stereocenters. The Bertz CT molecular complexity index is 640. The molecule has 0 radical (unpaired) electrons. The van der Waals surface area contributed by atoms with Gasteiger partial charge in [-0.3, -0.25) is 4.72 Å². The number of hydrogen-bond acceptors (Lipinski definition) is 3. The molecule has 0 saturated heterocycles. The molecule has 20 heavy (non-hydrogen) atoms. The Morgan fingerprint density at radius 1 is 1.40 bits per heavy atom. The SMILES string of the molecule is Cc1ccc(NS(=O)(=O)NC2CC2)cc1C#CCCO. The van der Waals surface area contributed by atoms with Gasteiger partial charge in [0.1, 0.15) is 0 Å². The van der Waals surface area contributed by atoms with Gasteiger partial charge in [0.2, 0.25) is 0 Å². The van der Waals surface area contributed by atoms with Crippen LogP contribution in [0.2, 0.25) is 0 Å². The second-order valence-corrected chi connectivity index (χ2v) is 6.25. The van der Waals surface area contributed by atoms with Gasteiger partial charge >= 0.3 is 0 Å². The van der Waals surface area contributed by atoms with E-state index in [1.807, 2.05) is 13.0 Å². The number of hydrogen-bond donors (Lipinski definition) is 3. The molecule has 1 saturated carbocycles. The molecule has 0 amide bonds. The topological polar surface area (TPSA) is 78.4 Å². The van der Waals surface area contributed by atoms with Crippen molar-refractivity contribution in [2.45, 2.75) is 32.2 Å². The summed E-state index contributed by atoms with van der Waals surface area (Å²) in [6.07, 6.45) is 2.19. The first-order chi connectivity index (χ1) is 9.50. The van der Waals surface area contributed by atoms with Crippen LogP contribution in [0.3, 0.4) is 0 Å². The van der Waals surface area contributed by atoms with Crippen molar-refractivity contribution in [2.75, 3.05) is 11.3 Å².